The van der Waals surface area contributed by atoms with Gasteiger partial charge < -0.3 is 14.2 Å². The van der Waals surface area contributed by atoms with E-state index in [4.69, 9.17) is 14.2 Å². The lowest BCUT2D eigenvalue weighted by Crippen LogP contribution is -2.17. The fourth-order valence-electron chi connectivity index (χ4n) is 2.90. The van der Waals surface area contributed by atoms with E-state index < -0.39 is 0 Å². The van der Waals surface area contributed by atoms with E-state index in [1.165, 1.54) is 0 Å². The summed E-state index contributed by atoms with van der Waals surface area (Å²) in [7, 11) is 1.58. The molecule has 2 aromatic carbocycles. The Morgan fingerprint density at radius 3 is 2.44 bits per heavy atom. The van der Waals surface area contributed by atoms with Crippen molar-refractivity contribution in [1.29, 1.82) is 0 Å². The Morgan fingerprint density at radius 1 is 1.03 bits per heavy atom. The quantitative estimate of drug-likeness (QED) is 0.275. The second kappa shape index (κ2) is 12.2. The third-order valence-electron chi connectivity index (χ3n) is 4.66. The highest BCUT2D eigenvalue weighted by Crippen LogP contribution is 2.22. The lowest BCUT2D eigenvalue weighted by Gasteiger charge is -2.12. The predicted octanol–water partition coefficient (Wildman–Crippen LogP) is 4.25. The second-order valence-electron chi connectivity index (χ2n) is 7.81. The summed E-state index contributed by atoms with van der Waals surface area (Å²) in [6, 6.07) is 15.5. The van der Waals surface area contributed by atoms with Gasteiger partial charge in [-0.15, -0.1) is 0 Å². The molecule has 1 heterocycles. The van der Waals surface area contributed by atoms with Crippen molar-refractivity contribution in [2.75, 3.05) is 13.7 Å². The van der Waals surface area contributed by atoms with E-state index in [2.05, 4.69) is 15.5 Å². The first kappa shape index (κ1) is 24.4. The maximum absolute atomic E-state index is 12.1. The fourth-order valence-corrected chi connectivity index (χ4v) is 2.90. The number of nitrogens with one attached hydrogen (secondary N) is 1. The van der Waals surface area contributed by atoms with Crippen LogP contribution in [0.3, 0.4) is 0 Å². The molecule has 1 amide bonds. The van der Waals surface area contributed by atoms with Crippen molar-refractivity contribution in [2.24, 2.45) is 11.0 Å². The molecular formula is C26H27N3O5. The van der Waals surface area contributed by atoms with Crippen LogP contribution in [0.4, 0.5) is 0 Å². The number of carbonyl (C=O) groups excluding carboxylic acids is 2. The highest BCUT2D eigenvalue weighted by Gasteiger charge is 2.10. The summed E-state index contributed by atoms with van der Waals surface area (Å²) < 4.78 is 16.5. The first-order chi connectivity index (χ1) is 16.5. The molecule has 3 rings (SSSR count). The summed E-state index contributed by atoms with van der Waals surface area (Å²) in [5, 5.41) is 4.01. The van der Waals surface area contributed by atoms with E-state index in [0.29, 0.717) is 29.2 Å². The van der Waals surface area contributed by atoms with Gasteiger partial charge in [-0.05, 0) is 66.1 Å². The third kappa shape index (κ3) is 7.16. The van der Waals surface area contributed by atoms with E-state index in [1.807, 2.05) is 26.0 Å². The molecule has 0 aliphatic carbocycles. The van der Waals surface area contributed by atoms with Crippen molar-refractivity contribution in [3.05, 3.63) is 89.2 Å². The molecule has 3 aromatic rings. The smallest absolute Gasteiger partial charge is 0.338 e. The van der Waals surface area contributed by atoms with Gasteiger partial charge in [0.05, 0.1) is 25.5 Å². The average Bonchev–Trinajstić information content (AvgIpc) is 2.86. The Labute approximate surface area is 198 Å². The molecule has 1 aromatic heterocycles. The van der Waals surface area contributed by atoms with Crippen LogP contribution in [-0.2, 0) is 11.3 Å². The van der Waals surface area contributed by atoms with Gasteiger partial charge in [0.2, 0.25) is 0 Å². The molecule has 176 valence electrons. The monoisotopic (exact) mass is 461 g/mol. The largest absolute Gasteiger partial charge is 0.496 e. The van der Waals surface area contributed by atoms with Crippen LogP contribution in [0.1, 0.15) is 45.7 Å². The number of hydrazone groups is 1. The van der Waals surface area contributed by atoms with Crippen LogP contribution in [-0.4, -0.2) is 36.8 Å². The highest BCUT2D eigenvalue weighted by molar-refractivity contribution is 5.94. The van der Waals surface area contributed by atoms with Gasteiger partial charge in [0.25, 0.3) is 5.91 Å². The molecular weight excluding hydrogens is 434 g/mol. The number of esters is 1. The van der Waals surface area contributed by atoms with Crippen LogP contribution in [0.2, 0.25) is 0 Å². The number of carbonyl (C=O) groups is 2. The molecule has 0 atom stereocenters. The molecule has 1 N–H and O–H groups in total. The zero-order valence-corrected chi connectivity index (χ0v) is 19.4. The average molecular weight is 462 g/mol. The maximum atomic E-state index is 12.1. The van der Waals surface area contributed by atoms with Gasteiger partial charge in [-0.2, -0.15) is 5.10 Å². The number of ether oxygens (including phenoxy) is 3. The van der Waals surface area contributed by atoms with E-state index in [-0.39, 0.29) is 24.4 Å². The van der Waals surface area contributed by atoms with Crippen molar-refractivity contribution in [1.82, 2.24) is 10.4 Å². The summed E-state index contributed by atoms with van der Waals surface area (Å²) in [6.07, 6.45) is 4.63. The van der Waals surface area contributed by atoms with Crippen molar-refractivity contribution in [3.8, 4) is 11.5 Å². The number of benzene rings is 2. The normalized spacial score (nSPS) is 10.8. The molecule has 0 saturated carbocycles. The number of rotatable bonds is 10. The first-order valence-electron chi connectivity index (χ1n) is 10.8. The van der Waals surface area contributed by atoms with Gasteiger partial charge in [-0.25, -0.2) is 10.2 Å². The number of hydrogen-bond donors (Lipinski definition) is 1. The van der Waals surface area contributed by atoms with Gasteiger partial charge in [0.15, 0.2) is 0 Å². The summed E-state index contributed by atoms with van der Waals surface area (Å²) >= 11 is 0. The van der Waals surface area contributed by atoms with Crippen LogP contribution in [0.25, 0.3) is 0 Å². The molecule has 34 heavy (non-hydrogen) atoms. The zero-order valence-electron chi connectivity index (χ0n) is 19.4. The third-order valence-corrected chi connectivity index (χ3v) is 4.66. The zero-order chi connectivity index (χ0) is 24.3. The molecule has 0 radical (unpaired) electrons. The first-order valence-corrected chi connectivity index (χ1v) is 10.8. The molecule has 0 spiro atoms. The van der Waals surface area contributed by atoms with E-state index in [1.54, 1.807) is 68.2 Å². The molecule has 0 aliphatic heterocycles. The van der Waals surface area contributed by atoms with Crippen LogP contribution >= 0.6 is 0 Å². The van der Waals surface area contributed by atoms with Crippen LogP contribution < -0.4 is 14.9 Å². The molecule has 0 aliphatic rings. The summed E-state index contributed by atoms with van der Waals surface area (Å²) in [5.41, 5.74) is 4.98. The number of amides is 1. The van der Waals surface area contributed by atoms with Crippen molar-refractivity contribution in [2.45, 2.75) is 20.5 Å². The molecule has 0 fully saturated rings. The van der Waals surface area contributed by atoms with Gasteiger partial charge in [0, 0.05) is 23.5 Å². The number of nitrogens with zero attached hydrogens (tertiary/aromatic N) is 2. The lowest BCUT2D eigenvalue weighted by molar-refractivity contribution is 0.0459. The predicted molar refractivity (Wildman–Crippen MR) is 128 cm³/mol. The minimum atomic E-state index is -0.357. The number of methoxy groups -OCH3 is 1. The standard InChI is InChI=1S/C26H27N3O5/c1-18(2)16-34-26(31)21-5-7-23(8-6-21)33-17-22-14-19(4-9-24(22)32-3)15-28-29-25(30)20-10-12-27-13-11-20/h4-15,18H,16-17H2,1-3H3,(H,29,30)/b28-15+. The van der Waals surface area contributed by atoms with Crippen LogP contribution in [0, 0.1) is 5.92 Å². The summed E-state index contributed by atoms with van der Waals surface area (Å²) in [4.78, 5) is 28.0. The number of hydrogen-bond acceptors (Lipinski definition) is 7. The Hall–Kier alpha value is -4.20. The van der Waals surface area contributed by atoms with E-state index >= 15 is 0 Å². The SMILES string of the molecule is COc1ccc(/C=N/NC(=O)c2ccncc2)cc1COc1ccc(C(=O)OCC(C)C)cc1. The molecule has 0 bridgehead atoms. The topological polar surface area (TPSA) is 99.1 Å². The Bertz CT molecular complexity index is 1130. The highest BCUT2D eigenvalue weighted by atomic mass is 16.5. The Balaban J connectivity index is 1.60. The van der Waals surface area contributed by atoms with Gasteiger partial charge in [0.1, 0.15) is 18.1 Å². The summed E-state index contributed by atoms with van der Waals surface area (Å²) in [6.45, 7) is 4.59. The second-order valence-corrected chi connectivity index (χ2v) is 7.81. The van der Waals surface area contributed by atoms with E-state index in [0.717, 1.165) is 11.1 Å². The van der Waals surface area contributed by atoms with Crippen molar-refractivity contribution < 1.29 is 23.8 Å². The van der Waals surface area contributed by atoms with Crippen LogP contribution in [0.15, 0.2) is 72.1 Å². The van der Waals surface area contributed by atoms with E-state index in [9.17, 15) is 9.59 Å². The fraction of sp³-hybridized carbons (Fsp3) is 0.231. The number of aromatic nitrogens is 1. The maximum Gasteiger partial charge on any atom is 0.338 e. The lowest BCUT2D eigenvalue weighted by atomic mass is 10.1. The van der Waals surface area contributed by atoms with Crippen molar-refractivity contribution in [3.63, 3.8) is 0 Å². The molecule has 0 saturated heterocycles. The minimum Gasteiger partial charge on any atom is -0.496 e. The molecule has 8 heteroatoms. The van der Waals surface area contributed by atoms with Crippen LogP contribution in [0.5, 0.6) is 11.5 Å². The Morgan fingerprint density at radius 2 is 1.76 bits per heavy atom. The number of pyridine rings is 1. The molecule has 8 nitrogen and oxygen atoms in total. The van der Waals surface area contributed by atoms with Gasteiger partial charge >= 0.3 is 5.97 Å². The molecule has 0 unspecified atom stereocenters. The van der Waals surface area contributed by atoms with Gasteiger partial charge in [-0.1, -0.05) is 13.8 Å². The van der Waals surface area contributed by atoms with Crippen molar-refractivity contribution >= 4 is 18.1 Å². The summed E-state index contributed by atoms with van der Waals surface area (Å²) in [5.74, 6) is 0.857. The van der Waals surface area contributed by atoms with Gasteiger partial charge in [-0.3, -0.25) is 9.78 Å². The minimum absolute atomic E-state index is 0.241. The Kier molecular flexibility index (Phi) is 8.73.